The normalized spacial score (nSPS) is 18.7. The Balaban J connectivity index is 1.41. The van der Waals surface area contributed by atoms with E-state index in [1.165, 1.54) is 12.8 Å². The summed E-state index contributed by atoms with van der Waals surface area (Å²) in [5.41, 5.74) is 5.99. The van der Waals surface area contributed by atoms with Crippen LogP contribution in [-0.4, -0.2) is 65.0 Å². The molecule has 2 aliphatic heterocycles. The van der Waals surface area contributed by atoms with Gasteiger partial charge in [0.15, 0.2) is 0 Å². The van der Waals surface area contributed by atoms with Crippen molar-refractivity contribution < 1.29 is 14.3 Å². The van der Waals surface area contributed by atoms with Crippen LogP contribution < -0.4 is 15.5 Å². The summed E-state index contributed by atoms with van der Waals surface area (Å²) in [5.74, 6) is -0.135. The first kappa shape index (κ1) is 27.8. The minimum atomic E-state index is -0.524. The Bertz CT molecular complexity index is 1380. The van der Waals surface area contributed by atoms with Crippen LogP contribution in [0.5, 0.6) is 0 Å². The van der Waals surface area contributed by atoms with Crippen LogP contribution in [0.1, 0.15) is 76.7 Å². The number of piperazine rings is 1. The maximum absolute atomic E-state index is 13.7. The minimum Gasteiger partial charge on any atom is -0.444 e. The van der Waals surface area contributed by atoms with Gasteiger partial charge in [-0.2, -0.15) is 5.10 Å². The molecule has 3 aliphatic rings. The van der Waals surface area contributed by atoms with E-state index in [1.807, 2.05) is 46.9 Å². The van der Waals surface area contributed by atoms with Crippen LogP contribution in [0.15, 0.2) is 53.5 Å². The molecule has 214 valence electrons. The second-order valence-electron chi connectivity index (χ2n) is 12.2. The molecule has 0 bridgehead atoms. The van der Waals surface area contributed by atoms with Crippen molar-refractivity contribution >= 4 is 28.6 Å². The average Bonchev–Trinajstić information content (AvgIpc) is 3.56. The lowest BCUT2D eigenvalue weighted by Crippen LogP contribution is -2.50. The van der Waals surface area contributed by atoms with Gasteiger partial charge in [-0.25, -0.2) is 4.79 Å². The van der Waals surface area contributed by atoms with Crippen molar-refractivity contribution in [1.29, 1.82) is 0 Å². The first-order valence-electron chi connectivity index (χ1n) is 14.4. The van der Waals surface area contributed by atoms with Crippen LogP contribution in [0.2, 0.25) is 0 Å². The molecule has 0 unspecified atom stereocenters. The maximum Gasteiger partial charge on any atom is 0.410 e. The highest BCUT2D eigenvalue weighted by atomic mass is 16.6. The van der Waals surface area contributed by atoms with Gasteiger partial charge in [0.05, 0.1) is 23.3 Å². The first-order valence-corrected chi connectivity index (χ1v) is 14.4. The van der Waals surface area contributed by atoms with Crippen LogP contribution in [-0.2, 0) is 4.74 Å². The third kappa shape index (κ3) is 5.88. The molecule has 0 radical (unpaired) electrons. The van der Waals surface area contributed by atoms with Crippen molar-refractivity contribution in [3.8, 4) is 0 Å². The fourth-order valence-electron chi connectivity index (χ4n) is 5.92. The van der Waals surface area contributed by atoms with Crippen LogP contribution in [0.3, 0.4) is 0 Å². The van der Waals surface area contributed by atoms with Gasteiger partial charge in [0.25, 0.3) is 5.91 Å². The predicted molar refractivity (Wildman–Crippen MR) is 158 cm³/mol. The second-order valence-corrected chi connectivity index (χ2v) is 12.2. The number of carbonyl (C=O) groups is 2. The molecule has 2 amide bonds. The third-order valence-electron chi connectivity index (χ3n) is 7.96. The quantitative estimate of drug-likeness (QED) is 0.531. The standard InChI is InChI=1S/C31H42N6O3/c1-20-15-21(2)34-22(3)26(20)18-32-29(38)25-16-24(17-28-27(25)19-33-37(28)23-9-7-8-10-23)35-11-13-36(14-12-35)30(39)40-31(4,5)6/h15-17,19,23,34H,3,7-14,18H2,1-2,4-6H3,(H,32,38). The van der Waals surface area contributed by atoms with E-state index >= 15 is 0 Å². The number of fused-ring (bicyclic) bond motifs is 1. The van der Waals surface area contributed by atoms with Crippen molar-refractivity contribution in [2.75, 3.05) is 37.6 Å². The van der Waals surface area contributed by atoms with Gasteiger partial charge in [-0.3, -0.25) is 9.48 Å². The lowest BCUT2D eigenvalue weighted by Gasteiger charge is -2.37. The van der Waals surface area contributed by atoms with E-state index in [1.54, 1.807) is 4.90 Å². The molecular weight excluding hydrogens is 504 g/mol. The molecule has 1 aromatic heterocycles. The van der Waals surface area contributed by atoms with Crippen molar-refractivity contribution in [2.45, 2.75) is 71.9 Å². The predicted octanol–water partition coefficient (Wildman–Crippen LogP) is 5.28. The first-order chi connectivity index (χ1) is 19.0. The second kappa shape index (κ2) is 11.0. The lowest BCUT2D eigenvalue weighted by atomic mass is 10.0. The molecule has 40 heavy (non-hydrogen) atoms. The molecule has 1 saturated carbocycles. The molecule has 1 aromatic carbocycles. The van der Waals surface area contributed by atoms with Gasteiger partial charge in [-0.05, 0) is 76.8 Å². The number of allylic oxidation sites excluding steroid dienone is 3. The monoisotopic (exact) mass is 546 g/mol. The summed E-state index contributed by atoms with van der Waals surface area (Å²) in [7, 11) is 0. The molecule has 0 spiro atoms. The smallest absolute Gasteiger partial charge is 0.410 e. The molecule has 3 heterocycles. The van der Waals surface area contributed by atoms with Crippen LogP contribution in [0.4, 0.5) is 10.5 Å². The largest absolute Gasteiger partial charge is 0.444 e. The SMILES string of the molecule is C=C1NC(C)=CC(C)=C1CNC(=O)c1cc(N2CCN(C(=O)OC(C)(C)C)CC2)cc2c1cnn2C1CCCC1. The number of dihydropyridines is 1. The van der Waals surface area contributed by atoms with Crippen molar-refractivity contribution in [3.63, 3.8) is 0 Å². The zero-order valence-corrected chi connectivity index (χ0v) is 24.5. The Kier molecular flexibility index (Phi) is 7.66. The van der Waals surface area contributed by atoms with Gasteiger partial charge in [-0.15, -0.1) is 0 Å². The van der Waals surface area contributed by atoms with Crippen molar-refractivity contribution in [2.24, 2.45) is 0 Å². The third-order valence-corrected chi connectivity index (χ3v) is 7.96. The summed E-state index contributed by atoms with van der Waals surface area (Å²) in [6.07, 6.45) is 8.23. The molecule has 9 heteroatoms. The van der Waals surface area contributed by atoms with Gasteiger partial charge in [0.1, 0.15) is 5.60 Å². The molecule has 2 N–H and O–H groups in total. The number of nitrogens with zero attached hydrogens (tertiary/aromatic N) is 4. The fourth-order valence-corrected chi connectivity index (χ4v) is 5.92. The number of nitrogens with one attached hydrogen (secondary N) is 2. The van der Waals surface area contributed by atoms with Gasteiger partial charge in [0, 0.05) is 55.2 Å². The average molecular weight is 547 g/mol. The van der Waals surface area contributed by atoms with E-state index in [9.17, 15) is 9.59 Å². The highest BCUT2D eigenvalue weighted by molar-refractivity contribution is 6.07. The van der Waals surface area contributed by atoms with Gasteiger partial charge in [0.2, 0.25) is 0 Å². The van der Waals surface area contributed by atoms with E-state index < -0.39 is 5.60 Å². The Labute approximate surface area is 236 Å². The minimum absolute atomic E-state index is 0.135. The molecule has 2 fully saturated rings. The number of hydrogen-bond donors (Lipinski definition) is 2. The van der Waals surface area contributed by atoms with Gasteiger partial charge < -0.3 is 25.2 Å². The van der Waals surface area contributed by atoms with Crippen LogP contribution >= 0.6 is 0 Å². The number of amides is 2. The molecule has 5 rings (SSSR count). The van der Waals surface area contributed by atoms with Crippen LogP contribution in [0.25, 0.3) is 10.9 Å². The Morgan fingerprint density at radius 2 is 1.82 bits per heavy atom. The Hall–Kier alpha value is -3.75. The number of anilines is 1. The molecular formula is C31H42N6O3. The zero-order valence-electron chi connectivity index (χ0n) is 24.5. The number of benzene rings is 1. The summed E-state index contributed by atoms with van der Waals surface area (Å²) in [6, 6.07) is 4.49. The fraction of sp³-hybridized carbons (Fsp3) is 0.516. The van der Waals surface area contributed by atoms with E-state index in [4.69, 9.17) is 9.84 Å². The van der Waals surface area contributed by atoms with Gasteiger partial charge in [-0.1, -0.05) is 19.4 Å². The molecule has 1 aliphatic carbocycles. The number of rotatable bonds is 5. The summed E-state index contributed by atoms with van der Waals surface area (Å²) in [6.45, 7) is 16.7. The maximum atomic E-state index is 13.7. The highest BCUT2D eigenvalue weighted by Gasteiger charge is 2.28. The summed E-state index contributed by atoms with van der Waals surface area (Å²) >= 11 is 0. The zero-order chi connectivity index (χ0) is 28.6. The topological polar surface area (TPSA) is 91.7 Å². The van der Waals surface area contributed by atoms with Crippen LogP contribution in [0, 0.1) is 0 Å². The number of carbonyl (C=O) groups excluding carboxylic acids is 2. The van der Waals surface area contributed by atoms with E-state index in [-0.39, 0.29) is 12.0 Å². The molecule has 2 aromatic rings. The number of ether oxygens (including phenoxy) is 1. The molecule has 9 nitrogen and oxygen atoms in total. The summed E-state index contributed by atoms with van der Waals surface area (Å²) < 4.78 is 7.69. The van der Waals surface area contributed by atoms with Gasteiger partial charge >= 0.3 is 6.09 Å². The number of aromatic nitrogens is 2. The van der Waals surface area contributed by atoms with E-state index in [0.29, 0.717) is 44.3 Å². The molecule has 0 atom stereocenters. The van der Waals surface area contributed by atoms with E-state index in [2.05, 4.69) is 38.9 Å². The summed E-state index contributed by atoms with van der Waals surface area (Å²) in [5, 5.41) is 12.0. The highest BCUT2D eigenvalue weighted by Crippen LogP contribution is 2.35. The van der Waals surface area contributed by atoms with Crippen molar-refractivity contribution in [3.05, 3.63) is 59.1 Å². The summed E-state index contributed by atoms with van der Waals surface area (Å²) in [4.78, 5) is 30.3. The number of hydrogen-bond acceptors (Lipinski definition) is 6. The van der Waals surface area contributed by atoms with Crippen molar-refractivity contribution in [1.82, 2.24) is 25.3 Å². The molecule has 1 saturated heterocycles. The Morgan fingerprint density at radius 3 is 2.48 bits per heavy atom. The lowest BCUT2D eigenvalue weighted by molar-refractivity contribution is 0.0240. The Morgan fingerprint density at radius 1 is 1.12 bits per heavy atom. The van der Waals surface area contributed by atoms with E-state index in [0.717, 1.165) is 52.0 Å².